The third kappa shape index (κ3) is 6.03. The Kier molecular flexibility index (Phi) is 6.83. The molecule has 3 aromatic rings. The Bertz CT molecular complexity index is 1060. The average molecular weight is 451 g/mol. The number of hydrogen-bond donors (Lipinski definition) is 1. The van der Waals surface area contributed by atoms with Crippen LogP contribution in [0.2, 0.25) is 0 Å². The summed E-state index contributed by atoms with van der Waals surface area (Å²) in [6, 6.07) is 19.3. The molecule has 29 heavy (non-hydrogen) atoms. The third-order valence-corrected chi connectivity index (χ3v) is 5.11. The third-order valence-electron chi connectivity index (χ3n) is 4.47. The van der Waals surface area contributed by atoms with Crippen molar-refractivity contribution in [1.29, 1.82) is 0 Å². The summed E-state index contributed by atoms with van der Waals surface area (Å²) in [7, 11) is 0. The molecule has 0 aromatic heterocycles. The molecule has 0 spiro atoms. The number of nitrogens with one attached hydrogen (secondary N) is 1. The number of halogens is 1. The number of ether oxygens (including phenoxy) is 1. The molecule has 0 bridgehead atoms. The van der Waals surface area contributed by atoms with Gasteiger partial charge in [-0.15, -0.1) is 0 Å². The van der Waals surface area contributed by atoms with E-state index in [0.717, 1.165) is 27.0 Å². The summed E-state index contributed by atoms with van der Waals surface area (Å²) < 4.78 is 6.59. The summed E-state index contributed by atoms with van der Waals surface area (Å²) in [6.45, 7) is 6.04. The van der Waals surface area contributed by atoms with Gasteiger partial charge in [0.1, 0.15) is 5.75 Å². The van der Waals surface area contributed by atoms with Gasteiger partial charge < -0.3 is 10.1 Å². The second kappa shape index (κ2) is 9.52. The number of aliphatic imine (C=N–C) groups is 1. The van der Waals surface area contributed by atoms with Crippen molar-refractivity contribution in [3.63, 3.8) is 0 Å². The molecule has 0 radical (unpaired) electrons. The van der Waals surface area contributed by atoms with Crippen molar-refractivity contribution in [2.45, 2.75) is 20.8 Å². The van der Waals surface area contributed by atoms with Crippen molar-refractivity contribution in [2.75, 3.05) is 11.9 Å². The van der Waals surface area contributed by atoms with E-state index in [2.05, 4.69) is 26.2 Å². The number of nitrogens with zero attached hydrogens (tertiary/aromatic N) is 1. The van der Waals surface area contributed by atoms with Crippen molar-refractivity contribution in [1.82, 2.24) is 0 Å². The lowest BCUT2D eigenvalue weighted by molar-refractivity contribution is -0.118. The first-order valence-electron chi connectivity index (χ1n) is 9.31. The summed E-state index contributed by atoms with van der Waals surface area (Å²) in [5, 5.41) is 2.86. The lowest BCUT2D eigenvalue weighted by atomic mass is 10.1. The SMILES string of the molecule is Cc1ccc(N=Cc2cccc(OCC(=O)Nc3ccc(C)c(C)c3)c2)c(Br)c1. The topological polar surface area (TPSA) is 50.7 Å². The Hall–Kier alpha value is -2.92. The van der Waals surface area contributed by atoms with E-state index in [-0.39, 0.29) is 12.5 Å². The quantitative estimate of drug-likeness (QED) is 0.458. The van der Waals surface area contributed by atoms with Crippen molar-refractivity contribution in [2.24, 2.45) is 4.99 Å². The Labute approximate surface area is 179 Å². The summed E-state index contributed by atoms with van der Waals surface area (Å²) in [4.78, 5) is 16.7. The normalized spacial score (nSPS) is 10.9. The zero-order valence-corrected chi connectivity index (χ0v) is 18.3. The monoisotopic (exact) mass is 450 g/mol. The molecule has 0 saturated heterocycles. The molecule has 0 fully saturated rings. The van der Waals surface area contributed by atoms with Gasteiger partial charge in [0, 0.05) is 16.4 Å². The van der Waals surface area contributed by atoms with Gasteiger partial charge in [-0.25, -0.2) is 0 Å². The number of anilines is 1. The first kappa shape index (κ1) is 20.8. The molecule has 3 aromatic carbocycles. The van der Waals surface area contributed by atoms with E-state index in [1.54, 1.807) is 6.21 Å². The first-order valence-corrected chi connectivity index (χ1v) is 10.1. The molecular weight excluding hydrogens is 428 g/mol. The van der Waals surface area contributed by atoms with Crippen molar-refractivity contribution >= 4 is 39.4 Å². The Morgan fingerprint density at radius 1 is 1.03 bits per heavy atom. The number of rotatable bonds is 6. The highest BCUT2D eigenvalue weighted by Gasteiger charge is 2.05. The van der Waals surface area contributed by atoms with E-state index in [1.165, 1.54) is 11.1 Å². The number of hydrogen-bond acceptors (Lipinski definition) is 3. The molecule has 1 N–H and O–H groups in total. The van der Waals surface area contributed by atoms with Crippen molar-refractivity contribution < 1.29 is 9.53 Å². The van der Waals surface area contributed by atoms with E-state index in [4.69, 9.17) is 4.74 Å². The van der Waals surface area contributed by atoms with Gasteiger partial charge in [0.25, 0.3) is 5.91 Å². The standard InChI is InChI=1S/C24H23BrN2O2/c1-16-7-10-23(22(25)11-16)26-14-19-5-4-6-21(13-19)29-15-24(28)27-20-9-8-17(2)18(3)12-20/h4-14H,15H2,1-3H3,(H,27,28). The van der Waals surface area contributed by atoms with E-state index < -0.39 is 0 Å². The van der Waals surface area contributed by atoms with Crippen LogP contribution < -0.4 is 10.1 Å². The molecule has 0 atom stereocenters. The second-order valence-corrected chi connectivity index (χ2v) is 7.78. The van der Waals surface area contributed by atoms with Gasteiger partial charge in [-0.2, -0.15) is 0 Å². The van der Waals surface area contributed by atoms with Gasteiger partial charge in [0.15, 0.2) is 6.61 Å². The maximum Gasteiger partial charge on any atom is 0.262 e. The van der Waals surface area contributed by atoms with E-state index in [1.807, 2.05) is 81.4 Å². The van der Waals surface area contributed by atoms with Crippen LogP contribution in [0.1, 0.15) is 22.3 Å². The maximum atomic E-state index is 12.2. The van der Waals surface area contributed by atoms with Crippen LogP contribution in [0.3, 0.4) is 0 Å². The second-order valence-electron chi connectivity index (χ2n) is 6.92. The average Bonchev–Trinajstić information content (AvgIpc) is 2.69. The highest BCUT2D eigenvalue weighted by Crippen LogP contribution is 2.26. The number of amides is 1. The molecule has 0 aliphatic rings. The van der Waals surface area contributed by atoms with Gasteiger partial charge >= 0.3 is 0 Å². The Balaban J connectivity index is 1.60. The van der Waals surface area contributed by atoms with Crippen LogP contribution in [0, 0.1) is 20.8 Å². The minimum absolute atomic E-state index is 0.0585. The number of benzene rings is 3. The van der Waals surface area contributed by atoms with Gasteiger partial charge in [0.2, 0.25) is 0 Å². The summed E-state index contributed by atoms with van der Waals surface area (Å²) in [5.41, 5.74) is 6.02. The molecule has 3 rings (SSSR count). The fraction of sp³-hybridized carbons (Fsp3) is 0.167. The molecule has 1 amide bonds. The molecule has 148 valence electrons. The molecule has 0 unspecified atom stereocenters. The van der Waals surface area contributed by atoms with Crippen LogP contribution in [0.15, 0.2) is 70.1 Å². The van der Waals surface area contributed by atoms with Gasteiger partial charge in [-0.3, -0.25) is 9.79 Å². The minimum atomic E-state index is -0.198. The fourth-order valence-corrected chi connectivity index (χ4v) is 3.31. The minimum Gasteiger partial charge on any atom is -0.484 e. The molecule has 0 aliphatic carbocycles. The van der Waals surface area contributed by atoms with Crippen molar-refractivity contribution in [3.8, 4) is 5.75 Å². The van der Waals surface area contributed by atoms with Gasteiger partial charge in [-0.1, -0.05) is 24.3 Å². The number of aryl methyl sites for hydroxylation is 3. The molecule has 0 saturated carbocycles. The smallest absolute Gasteiger partial charge is 0.262 e. The van der Waals surface area contributed by atoms with Crippen LogP contribution in [0.25, 0.3) is 0 Å². The zero-order chi connectivity index (χ0) is 20.8. The van der Waals surface area contributed by atoms with Crippen LogP contribution in [-0.4, -0.2) is 18.7 Å². The summed E-state index contributed by atoms with van der Waals surface area (Å²) in [5.74, 6) is 0.420. The van der Waals surface area contributed by atoms with Gasteiger partial charge in [-0.05, 0) is 95.4 Å². The Morgan fingerprint density at radius 3 is 2.62 bits per heavy atom. The zero-order valence-electron chi connectivity index (χ0n) is 16.7. The predicted molar refractivity (Wildman–Crippen MR) is 123 cm³/mol. The summed E-state index contributed by atoms with van der Waals surface area (Å²) >= 11 is 3.53. The highest BCUT2D eigenvalue weighted by atomic mass is 79.9. The van der Waals surface area contributed by atoms with E-state index in [0.29, 0.717) is 5.75 Å². The molecule has 0 heterocycles. The molecule has 4 nitrogen and oxygen atoms in total. The Morgan fingerprint density at radius 2 is 1.86 bits per heavy atom. The van der Waals surface area contributed by atoms with Gasteiger partial charge in [0.05, 0.1) is 5.69 Å². The number of carbonyl (C=O) groups excluding carboxylic acids is 1. The summed E-state index contributed by atoms with van der Waals surface area (Å²) in [6.07, 6.45) is 1.78. The lowest BCUT2D eigenvalue weighted by Gasteiger charge is -2.09. The maximum absolute atomic E-state index is 12.2. The first-order chi connectivity index (χ1) is 13.9. The largest absolute Gasteiger partial charge is 0.484 e. The molecule has 0 aliphatic heterocycles. The molecule has 5 heteroatoms. The van der Waals surface area contributed by atoms with E-state index >= 15 is 0 Å². The van der Waals surface area contributed by atoms with Crippen LogP contribution >= 0.6 is 15.9 Å². The molecular formula is C24H23BrN2O2. The highest BCUT2D eigenvalue weighted by molar-refractivity contribution is 9.10. The van der Waals surface area contributed by atoms with E-state index in [9.17, 15) is 4.79 Å². The van der Waals surface area contributed by atoms with Crippen LogP contribution in [-0.2, 0) is 4.79 Å². The van der Waals surface area contributed by atoms with Crippen LogP contribution in [0.5, 0.6) is 5.75 Å². The van der Waals surface area contributed by atoms with Crippen molar-refractivity contribution in [3.05, 3.63) is 87.4 Å². The number of carbonyl (C=O) groups is 1. The van der Waals surface area contributed by atoms with Crippen LogP contribution in [0.4, 0.5) is 11.4 Å². The fourth-order valence-electron chi connectivity index (χ4n) is 2.71. The predicted octanol–water partition coefficient (Wildman–Crippen LogP) is 6.14. The lowest BCUT2D eigenvalue weighted by Crippen LogP contribution is -2.20.